The van der Waals surface area contributed by atoms with Gasteiger partial charge in [0.1, 0.15) is 5.75 Å². The van der Waals surface area contributed by atoms with Gasteiger partial charge < -0.3 is 15.6 Å². The monoisotopic (exact) mass is 273 g/mol. The molecule has 84 valence electrons. The third-order valence-corrected chi connectivity index (χ3v) is 2.86. The Morgan fingerprint density at radius 1 is 1.53 bits per heavy atom. The van der Waals surface area contributed by atoms with Crippen LogP contribution in [0.5, 0.6) is 5.75 Å². The first-order valence-electron chi connectivity index (χ1n) is 4.89. The van der Waals surface area contributed by atoms with Crippen molar-refractivity contribution in [2.24, 2.45) is 11.7 Å². The van der Waals surface area contributed by atoms with Crippen LogP contribution < -0.4 is 10.5 Å². The number of hydrogen-bond donors (Lipinski definition) is 2. The standard InChI is InChI=1S/C11H16BrNO2/c1-8(6-14)7-15-10-2-3-11(12)9(4-10)5-13/h2-4,8,14H,5-7,13H2,1H3. The van der Waals surface area contributed by atoms with Gasteiger partial charge in [-0.3, -0.25) is 0 Å². The number of hydrogen-bond acceptors (Lipinski definition) is 3. The van der Waals surface area contributed by atoms with Crippen molar-refractivity contribution in [2.75, 3.05) is 13.2 Å². The average Bonchev–Trinajstić information content (AvgIpc) is 2.27. The third kappa shape index (κ3) is 3.81. The second-order valence-corrected chi connectivity index (χ2v) is 4.41. The maximum absolute atomic E-state index is 8.85. The molecular formula is C11H16BrNO2. The predicted octanol–water partition coefficient (Wildman–Crippen LogP) is 1.92. The highest BCUT2D eigenvalue weighted by molar-refractivity contribution is 9.10. The summed E-state index contributed by atoms with van der Waals surface area (Å²) in [6.45, 7) is 3.07. The van der Waals surface area contributed by atoms with Crippen molar-refractivity contribution in [3.05, 3.63) is 28.2 Å². The lowest BCUT2D eigenvalue weighted by molar-refractivity contribution is 0.174. The summed E-state index contributed by atoms with van der Waals surface area (Å²) in [6, 6.07) is 5.71. The van der Waals surface area contributed by atoms with Gasteiger partial charge >= 0.3 is 0 Å². The quantitative estimate of drug-likeness (QED) is 0.862. The number of aliphatic hydroxyl groups is 1. The van der Waals surface area contributed by atoms with Crippen LogP contribution in [0.2, 0.25) is 0 Å². The van der Waals surface area contributed by atoms with Crippen LogP contribution in [-0.4, -0.2) is 18.3 Å². The summed E-state index contributed by atoms with van der Waals surface area (Å²) in [5.41, 5.74) is 6.59. The average molecular weight is 274 g/mol. The van der Waals surface area contributed by atoms with Crippen LogP contribution in [0.1, 0.15) is 12.5 Å². The van der Waals surface area contributed by atoms with Crippen LogP contribution in [0.15, 0.2) is 22.7 Å². The van der Waals surface area contributed by atoms with E-state index >= 15 is 0 Å². The first kappa shape index (κ1) is 12.5. The van der Waals surface area contributed by atoms with E-state index in [1.165, 1.54) is 0 Å². The van der Waals surface area contributed by atoms with Gasteiger partial charge in [0.25, 0.3) is 0 Å². The Morgan fingerprint density at radius 2 is 2.27 bits per heavy atom. The largest absolute Gasteiger partial charge is 0.493 e. The van der Waals surface area contributed by atoms with Crippen LogP contribution in [0.25, 0.3) is 0 Å². The topological polar surface area (TPSA) is 55.5 Å². The van der Waals surface area contributed by atoms with Gasteiger partial charge in [-0.2, -0.15) is 0 Å². The summed E-state index contributed by atoms with van der Waals surface area (Å²) in [5.74, 6) is 0.939. The number of benzene rings is 1. The molecule has 0 fully saturated rings. The van der Waals surface area contributed by atoms with Crippen molar-refractivity contribution in [3.8, 4) is 5.75 Å². The fourth-order valence-electron chi connectivity index (χ4n) is 1.09. The lowest BCUT2D eigenvalue weighted by Gasteiger charge is -2.11. The Kier molecular flexibility index (Phi) is 5.08. The SMILES string of the molecule is CC(CO)COc1ccc(Br)c(CN)c1. The van der Waals surface area contributed by atoms with Gasteiger partial charge in [-0.05, 0) is 23.8 Å². The predicted molar refractivity (Wildman–Crippen MR) is 63.8 cm³/mol. The van der Waals surface area contributed by atoms with Gasteiger partial charge in [0.2, 0.25) is 0 Å². The number of ether oxygens (including phenoxy) is 1. The van der Waals surface area contributed by atoms with Crippen LogP contribution in [0.3, 0.4) is 0 Å². The van der Waals surface area contributed by atoms with E-state index in [0.717, 1.165) is 15.8 Å². The summed E-state index contributed by atoms with van der Waals surface area (Å²) in [7, 11) is 0. The van der Waals surface area contributed by atoms with Crippen molar-refractivity contribution in [1.29, 1.82) is 0 Å². The molecule has 1 unspecified atom stereocenters. The molecule has 0 saturated carbocycles. The fourth-order valence-corrected chi connectivity index (χ4v) is 1.50. The highest BCUT2D eigenvalue weighted by Gasteiger charge is 2.03. The Morgan fingerprint density at radius 3 is 2.87 bits per heavy atom. The van der Waals surface area contributed by atoms with Crippen molar-refractivity contribution in [1.82, 2.24) is 0 Å². The third-order valence-electron chi connectivity index (χ3n) is 2.08. The molecule has 0 saturated heterocycles. The second kappa shape index (κ2) is 6.10. The fraction of sp³-hybridized carbons (Fsp3) is 0.455. The molecule has 0 bridgehead atoms. The van der Waals surface area contributed by atoms with Gasteiger partial charge in [0.05, 0.1) is 6.61 Å². The molecule has 0 heterocycles. The van der Waals surface area contributed by atoms with E-state index in [2.05, 4.69) is 15.9 Å². The normalized spacial score (nSPS) is 12.5. The van der Waals surface area contributed by atoms with Crippen molar-refractivity contribution < 1.29 is 9.84 Å². The molecule has 3 N–H and O–H groups in total. The van der Waals surface area contributed by atoms with Gasteiger partial charge in [-0.15, -0.1) is 0 Å². The van der Waals surface area contributed by atoms with Crippen LogP contribution in [0.4, 0.5) is 0 Å². The molecule has 15 heavy (non-hydrogen) atoms. The van der Waals surface area contributed by atoms with Crippen LogP contribution >= 0.6 is 15.9 Å². The smallest absolute Gasteiger partial charge is 0.119 e. The summed E-state index contributed by atoms with van der Waals surface area (Å²) in [4.78, 5) is 0. The number of rotatable bonds is 5. The highest BCUT2D eigenvalue weighted by Crippen LogP contribution is 2.22. The van der Waals surface area contributed by atoms with Gasteiger partial charge in [-0.25, -0.2) is 0 Å². The number of halogens is 1. The van der Waals surface area contributed by atoms with E-state index in [4.69, 9.17) is 15.6 Å². The van der Waals surface area contributed by atoms with Crippen LogP contribution in [0, 0.1) is 5.92 Å². The van der Waals surface area contributed by atoms with E-state index < -0.39 is 0 Å². The lowest BCUT2D eigenvalue weighted by atomic mass is 10.2. The van der Waals surface area contributed by atoms with Gasteiger partial charge in [-0.1, -0.05) is 22.9 Å². The first-order chi connectivity index (χ1) is 7.17. The molecule has 0 radical (unpaired) electrons. The zero-order valence-electron chi connectivity index (χ0n) is 8.74. The molecule has 0 spiro atoms. The Bertz CT molecular complexity index is 317. The molecule has 4 heteroatoms. The Labute approximate surface area is 98.4 Å². The minimum Gasteiger partial charge on any atom is -0.493 e. The molecular weight excluding hydrogens is 258 g/mol. The Hall–Kier alpha value is -0.580. The molecule has 1 aromatic carbocycles. The number of nitrogens with two attached hydrogens (primary N) is 1. The number of aliphatic hydroxyl groups excluding tert-OH is 1. The minimum atomic E-state index is 0.139. The summed E-state index contributed by atoms with van der Waals surface area (Å²) >= 11 is 3.41. The molecule has 3 nitrogen and oxygen atoms in total. The molecule has 0 aliphatic carbocycles. The van der Waals surface area contributed by atoms with E-state index in [1.54, 1.807) is 0 Å². The Balaban J connectivity index is 2.62. The molecule has 1 aromatic rings. The van der Waals surface area contributed by atoms with Crippen LogP contribution in [-0.2, 0) is 6.54 Å². The molecule has 1 rings (SSSR count). The zero-order chi connectivity index (χ0) is 11.3. The van der Waals surface area contributed by atoms with E-state index in [-0.39, 0.29) is 12.5 Å². The van der Waals surface area contributed by atoms with E-state index in [0.29, 0.717) is 13.2 Å². The maximum Gasteiger partial charge on any atom is 0.119 e. The van der Waals surface area contributed by atoms with Crippen molar-refractivity contribution in [3.63, 3.8) is 0 Å². The molecule has 0 amide bonds. The van der Waals surface area contributed by atoms with Crippen molar-refractivity contribution in [2.45, 2.75) is 13.5 Å². The first-order valence-corrected chi connectivity index (χ1v) is 5.68. The van der Waals surface area contributed by atoms with Gasteiger partial charge in [0, 0.05) is 23.5 Å². The van der Waals surface area contributed by atoms with Crippen molar-refractivity contribution >= 4 is 15.9 Å². The minimum absolute atomic E-state index is 0.139. The van der Waals surface area contributed by atoms with E-state index in [1.807, 2.05) is 25.1 Å². The second-order valence-electron chi connectivity index (χ2n) is 3.56. The molecule has 1 atom stereocenters. The summed E-state index contributed by atoms with van der Waals surface area (Å²) < 4.78 is 6.51. The maximum atomic E-state index is 8.85. The highest BCUT2D eigenvalue weighted by atomic mass is 79.9. The van der Waals surface area contributed by atoms with Gasteiger partial charge in [0.15, 0.2) is 0 Å². The summed E-state index contributed by atoms with van der Waals surface area (Å²) in [6.07, 6.45) is 0. The molecule has 0 aromatic heterocycles. The molecule has 0 aliphatic heterocycles. The molecule has 0 aliphatic rings. The lowest BCUT2D eigenvalue weighted by Crippen LogP contribution is -2.12. The zero-order valence-corrected chi connectivity index (χ0v) is 10.3. The summed E-state index contributed by atoms with van der Waals surface area (Å²) in [5, 5.41) is 8.85. The van der Waals surface area contributed by atoms with E-state index in [9.17, 15) is 0 Å².